The Morgan fingerprint density at radius 2 is 1.07 bits per heavy atom. The van der Waals surface area contributed by atoms with E-state index in [9.17, 15) is 14.4 Å². The normalized spacial score (nSPS) is 32.1. The lowest BCUT2D eigenvalue weighted by Gasteiger charge is -2.36. The van der Waals surface area contributed by atoms with E-state index in [1.54, 1.807) is 0 Å². The first kappa shape index (κ1) is 24.9. The number of ether oxygens (including phenoxy) is 2. The minimum absolute atomic E-state index is 0.128. The van der Waals surface area contributed by atoms with Gasteiger partial charge >= 0.3 is 11.9 Å². The summed E-state index contributed by atoms with van der Waals surface area (Å²) >= 11 is 0. The van der Waals surface area contributed by atoms with Crippen molar-refractivity contribution in [2.24, 2.45) is 35.5 Å². The lowest BCUT2D eigenvalue weighted by molar-refractivity contribution is -0.159. The first-order chi connectivity index (χ1) is 14.1. The monoisotopic (exact) mass is 422 g/mol. The van der Waals surface area contributed by atoms with Gasteiger partial charge in [-0.25, -0.2) is 0 Å². The Hall–Kier alpha value is -1.39. The molecule has 0 amide bonds. The fourth-order valence-corrected chi connectivity index (χ4v) is 5.31. The lowest BCUT2D eigenvalue weighted by atomic mass is 9.75. The quantitative estimate of drug-likeness (QED) is 0.390. The van der Waals surface area contributed by atoms with Crippen molar-refractivity contribution in [2.45, 2.75) is 105 Å². The van der Waals surface area contributed by atoms with Gasteiger partial charge < -0.3 is 9.47 Å². The Bertz CT molecular complexity index is 546. The van der Waals surface area contributed by atoms with Crippen LogP contribution >= 0.6 is 0 Å². The van der Waals surface area contributed by atoms with Gasteiger partial charge in [-0.05, 0) is 61.2 Å². The van der Waals surface area contributed by atoms with Gasteiger partial charge in [0, 0.05) is 0 Å². The second kappa shape index (κ2) is 11.3. The minimum atomic E-state index is -0.510. The van der Waals surface area contributed by atoms with Crippen molar-refractivity contribution in [2.75, 3.05) is 0 Å². The Kier molecular flexibility index (Phi) is 9.36. The van der Waals surface area contributed by atoms with E-state index in [1.165, 1.54) is 0 Å². The lowest BCUT2D eigenvalue weighted by Crippen LogP contribution is -2.37. The van der Waals surface area contributed by atoms with Crippen LogP contribution in [0.4, 0.5) is 0 Å². The van der Waals surface area contributed by atoms with E-state index >= 15 is 0 Å². The molecule has 30 heavy (non-hydrogen) atoms. The number of Topliss-reactive ketones (excluding diaryl/α,β-unsaturated/α-hetero) is 1. The van der Waals surface area contributed by atoms with Gasteiger partial charge in [-0.3, -0.25) is 14.4 Å². The molecule has 0 spiro atoms. The summed E-state index contributed by atoms with van der Waals surface area (Å²) in [6.45, 7) is 13.0. The van der Waals surface area contributed by atoms with Crippen LogP contribution in [0.5, 0.6) is 0 Å². The highest BCUT2D eigenvalue weighted by Crippen LogP contribution is 2.36. The number of rotatable bonds is 8. The zero-order chi connectivity index (χ0) is 22.4. The van der Waals surface area contributed by atoms with Crippen LogP contribution in [0.25, 0.3) is 0 Å². The molecular weight excluding hydrogens is 380 g/mol. The Morgan fingerprint density at radius 3 is 1.40 bits per heavy atom. The number of hydrogen-bond acceptors (Lipinski definition) is 5. The summed E-state index contributed by atoms with van der Waals surface area (Å²) in [5.41, 5.74) is 0. The molecule has 0 N–H and O–H groups in total. The molecule has 5 heteroatoms. The van der Waals surface area contributed by atoms with Crippen molar-refractivity contribution in [3.8, 4) is 0 Å². The van der Waals surface area contributed by atoms with Crippen LogP contribution in [0.1, 0.15) is 92.9 Å². The standard InChI is InChI=1S/C25H42O5/c1-15(2)20-9-7-17(5)11-22(20)29-24(27)13-19(26)14-25(28)30-23-12-18(6)8-10-21(23)16(3)4/h15-18,20-23H,7-14H2,1-6H3/t17-,18-,20+,21+,22-,23-/m0/s1. The van der Waals surface area contributed by atoms with Crippen LogP contribution in [0.15, 0.2) is 0 Å². The molecule has 0 aromatic rings. The van der Waals surface area contributed by atoms with Crippen LogP contribution < -0.4 is 0 Å². The molecule has 0 aromatic carbocycles. The topological polar surface area (TPSA) is 69.7 Å². The summed E-state index contributed by atoms with van der Waals surface area (Å²) in [4.78, 5) is 37.0. The van der Waals surface area contributed by atoms with E-state index in [1.807, 2.05) is 0 Å². The van der Waals surface area contributed by atoms with Crippen LogP contribution in [-0.4, -0.2) is 29.9 Å². The fraction of sp³-hybridized carbons (Fsp3) is 0.880. The summed E-state index contributed by atoms with van der Waals surface area (Å²) in [6.07, 6.45) is 5.15. The maximum absolute atomic E-state index is 12.4. The molecule has 0 unspecified atom stereocenters. The molecule has 2 fully saturated rings. The van der Waals surface area contributed by atoms with E-state index in [-0.39, 0.29) is 25.0 Å². The van der Waals surface area contributed by atoms with E-state index < -0.39 is 17.7 Å². The van der Waals surface area contributed by atoms with Gasteiger partial charge in [0.25, 0.3) is 0 Å². The zero-order valence-corrected chi connectivity index (χ0v) is 19.8. The third-order valence-electron chi connectivity index (χ3n) is 7.17. The average Bonchev–Trinajstić information content (AvgIpc) is 2.60. The molecule has 0 aliphatic heterocycles. The predicted molar refractivity (Wildman–Crippen MR) is 117 cm³/mol. The summed E-state index contributed by atoms with van der Waals surface area (Å²) in [6, 6.07) is 0. The smallest absolute Gasteiger partial charge is 0.313 e. The third kappa shape index (κ3) is 7.39. The van der Waals surface area contributed by atoms with Gasteiger partial charge in [0.1, 0.15) is 25.0 Å². The van der Waals surface area contributed by atoms with Crippen molar-refractivity contribution < 1.29 is 23.9 Å². The Labute approximate surface area is 182 Å². The largest absolute Gasteiger partial charge is 0.462 e. The molecule has 2 rings (SSSR count). The highest BCUT2D eigenvalue weighted by atomic mass is 16.5. The summed E-state index contributed by atoms with van der Waals surface area (Å²) in [7, 11) is 0. The van der Waals surface area contributed by atoms with Gasteiger partial charge in [0.2, 0.25) is 0 Å². The van der Waals surface area contributed by atoms with E-state index in [2.05, 4.69) is 41.5 Å². The first-order valence-electron chi connectivity index (χ1n) is 12.0. The second-order valence-corrected chi connectivity index (χ2v) is 10.6. The maximum Gasteiger partial charge on any atom is 0.313 e. The molecule has 0 saturated heterocycles. The molecule has 2 saturated carbocycles. The van der Waals surface area contributed by atoms with Crippen LogP contribution in [0.3, 0.4) is 0 Å². The molecule has 2 aliphatic rings. The van der Waals surface area contributed by atoms with E-state index in [4.69, 9.17) is 9.47 Å². The van der Waals surface area contributed by atoms with Crippen molar-refractivity contribution in [1.82, 2.24) is 0 Å². The SMILES string of the molecule is CC(C)[C@H]1CC[C@H](C)C[C@@H]1OC(=O)CC(=O)CC(=O)O[C@H]1C[C@@H](C)CC[C@@H]1C(C)C. The van der Waals surface area contributed by atoms with E-state index in [0.717, 1.165) is 38.5 Å². The number of carbonyl (C=O) groups excluding carboxylic acids is 3. The summed E-state index contributed by atoms with van der Waals surface area (Å²) in [5.74, 6) is 1.16. The number of hydrogen-bond donors (Lipinski definition) is 0. The Morgan fingerprint density at radius 1 is 0.700 bits per heavy atom. The maximum atomic E-state index is 12.4. The molecule has 2 aliphatic carbocycles. The van der Waals surface area contributed by atoms with Gasteiger partial charge in [0.05, 0.1) is 0 Å². The number of ketones is 1. The van der Waals surface area contributed by atoms with Crippen molar-refractivity contribution >= 4 is 17.7 Å². The van der Waals surface area contributed by atoms with Crippen LogP contribution in [0, 0.1) is 35.5 Å². The van der Waals surface area contributed by atoms with Crippen LogP contribution in [0.2, 0.25) is 0 Å². The van der Waals surface area contributed by atoms with Gasteiger partial charge in [-0.2, -0.15) is 0 Å². The van der Waals surface area contributed by atoms with Crippen molar-refractivity contribution in [1.29, 1.82) is 0 Å². The highest BCUT2D eigenvalue weighted by molar-refractivity contribution is 6.03. The van der Waals surface area contributed by atoms with Crippen LogP contribution in [-0.2, 0) is 23.9 Å². The average molecular weight is 423 g/mol. The zero-order valence-electron chi connectivity index (χ0n) is 19.8. The van der Waals surface area contributed by atoms with Gasteiger partial charge in [-0.15, -0.1) is 0 Å². The van der Waals surface area contributed by atoms with Gasteiger partial charge in [0.15, 0.2) is 5.78 Å². The molecule has 6 atom stereocenters. The Balaban J connectivity index is 1.82. The molecule has 172 valence electrons. The van der Waals surface area contributed by atoms with Crippen molar-refractivity contribution in [3.05, 3.63) is 0 Å². The molecule has 0 heterocycles. The highest BCUT2D eigenvalue weighted by Gasteiger charge is 2.35. The molecule has 0 radical (unpaired) electrons. The fourth-order valence-electron chi connectivity index (χ4n) is 5.31. The second-order valence-electron chi connectivity index (χ2n) is 10.6. The molecule has 0 aromatic heterocycles. The number of esters is 2. The predicted octanol–water partition coefficient (Wildman–Crippen LogP) is 5.34. The minimum Gasteiger partial charge on any atom is -0.462 e. The summed E-state index contributed by atoms with van der Waals surface area (Å²) < 4.78 is 11.4. The van der Waals surface area contributed by atoms with Gasteiger partial charge in [-0.1, -0.05) is 54.4 Å². The molecular formula is C25H42O5. The van der Waals surface area contributed by atoms with E-state index in [0.29, 0.717) is 35.5 Å². The molecule has 5 nitrogen and oxygen atoms in total. The summed E-state index contributed by atoms with van der Waals surface area (Å²) in [5, 5.41) is 0. The van der Waals surface area contributed by atoms with Crippen molar-refractivity contribution in [3.63, 3.8) is 0 Å². The third-order valence-corrected chi connectivity index (χ3v) is 7.17. The number of carbonyl (C=O) groups is 3. The molecule has 0 bridgehead atoms. The first-order valence-corrected chi connectivity index (χ1v) is 12.0.